The van der Waals surface area contributed by atoms with Gasteiger partial charge in [0.15, 0.2) is 5.82 Å². The molecule has 3 atom stereocenters. The molecule has 7 nitrogen and oxygen atoms in total. The topological polar surface area (TPSA) is 77.7 Å². The molecule has 0 N–H and O–H groups in total. The molecule has 0 unspecified atom stereocenters. The van der Waals surface area contributed by atoms with E-state index in [1.54, 1.807) is 6.92 Å². The van der Waals surface area contributed by atoms with E-state index >= 15 is 0 Å². The second-order valence-electron chi connectivity index (χ2n) is 6.08. The highest BCUT2D eigenvalue weighted by molar-refractivity contribution is 7.12. The third kappa shape index (κ3) is 2.59. The molecule has 0 radical (unpaired) electrons. The molecule has 0 saturated carbocycles. The van der Waals surface area contributed by atoms with Crippen LogP contribution in [0.25, 0.3) is 0 Å². The number of thiophene rings is 1. The summed E-state index contributed by atoms with van der Waals surface area (Å²) in [7, 11) is 0. The Bertz CT molecular complexity index is 743. The summed E-state index contributed by atoms with van der Waals surface area (Å²) in [5.41, 5.74) is 0. The number of aryl methyl sites for hydroxylation is 1. The van der Waals surface area contributed by atoms with Crippen molar-refractivity contribution in [2.24, 2.45) is 5.92 Å². The van der Waals surface area contributed by atoms with Gasteiger partial charge in [0.2, 0.25) is 5.89 Å². The highest BCUT2D eigenvalue weighted by Gasteiger charge is 2.48. The van der Waals surface area contributed by atoms with Gasteiger partial charge in [0.05, 0.1) is 25.2 Å². The fourth-order valence-corrected chi connectivity index (χ4v) is 4.26. The van der Waals surface area contributed by atoms with E-state index in [4.69, 9.17) is 14.0 Å². The molecule has 2 aromatic rings. The number of carbonyl (C=O) groups is 1. The van der Waals surface area contributed by atoms with Gasteiger partial charge in [0.25, 0.3) is 5.91 Å². The number of hydrogen-bond acceptors (Lipinski definition) is 7. The van der Waals surface area contributed by atoms with Crippen LogP contribution in [0, 0.1) is 12.8 Å². The molecule has 2 saturated heterocycles. The maximum Gasteiger partial charge on any atom is 0.267 e. The predicted molar refractivity (Wildman–Crippen MR) is 86.4 cm³/mol. The molecule has 24 heavy (non-hydrogen) atoms. The van der Waals surface area contributed by atoms with Gasteiger partial charge in [-0.25, -0.2) is 0 Å². The fourth-order valence-electron chi connectivity index (χ4n) is 3.46. The number of likely N-dealkylation sites (tertiary alicyclic amines) is 1. The van der Waals surface area contributed by atoms with Crippen LogP contribution in [0.4, 0.5) is 0 Å². The van der Waals surface area contributed by atoms with Crippen molar-refractivity contribution >= 4 is 17.2 Å². The molecule has 4 rings (SSSR count). The van der Waals surface area contributed by atoms with Crippen LogP contribution >= 0.6 is 11.3 Å². The average molecular weight is 349 g/mol. The van der Waals surface area contributed by atoms with Crippen molar-refractivity contribution in [1.82, 2.24) is 15.0 Å². The van der Waals surface area contributed by atoms with Crippen LogP contribution in [-0.4, -0.2) is 53.4 Å². The van der Waals surface area contributed by atoms with Gasteiger partial charge in [-0.05, 0) is 25.3 Å². The van der Waals surface area contributed by atoms with E-state index in [0.29, 0.717) is 48.6 Å². The van der Waals surface area contributed by atoms with Crippen molar-refractivity contribution in [2.75, 3.05) is 26.3 Å². The van der Waals surface area contributed by atoms with Gasteiger partial charge in [0.1, 0.15) is 10.6 Å². The zero-order valence-electron chi connectivity index (χ0n) is 13.6. The fraction of sp³-hybridized carbons (Fsp3) is 0.562. The first-order chi connectivity index (χ1) is 11.7. The Labute approximate surface area is 143 Å². The molecule has 4 heterocycles. The van der Waals surface area contributed by atoms with Crippen LogP contribution in [0.1, 0.15) is 34.2 Å². The number of rotatable bonds is 4. The summed E-state index contributed by atoms with van der Waals surface area (Å²) < 4.78 is 16.7. The summed E-state index contributed by atoms with van der Waals surface area (Å²) >= 11 is 1.42. The lowest BCUT2D eigenvalue weighted by molar-refractivity contribution is 0.0686. The van der Waals surface area contributed by atoms with E-state index in [1.165, 1.54) is 11.3 Å². The smallest absolute Gasteiger partial charge is 0.267 e. The van der Waals surface area contributed by atoms with Gasteiger partial charge < -0.3 is 18.9 Å². The summed E-state index contributed by atoms with van der Waals surface area (Å²) in [5, 5.41) is 5.75. The quantitative estimate of drug-likeness (QED) is 0.841. The van der Waals surface area contributed by atoms with Gasteiger partial charge >= 0.3 is 0 Å². The highest BCUT2D eigenvalue weighted by Crippen LogP contribution is 2.40. The van der Waals surface area contributed by atoms with Gasteiger partial charge in [-0.3, -0.25) is 4.79 Å². The molecule has 0 bridgehead atoms. The number of hydrogen-bond donors (Lipinski definition) is 0. The van der Waals surface area contributed by atoms with Crippen LogP contribution in [-0.2, 0) is 4.74 Å². The predicted octanol–water partition coefficient (Wildman–Crippen LogP) is 2.09. The van der Waals surface area contributed by atoms with Crippen LogP contribution in [0.3, 0.4) is 0 Å². The molecule has 8 heteroatoms. The number of ether oxygens (including phenoxy) is 2. The SMILES string of the molecule is CCOc1ccsc1C(=O)N1C[C@@H]2[C@@H](c3nc(C)no3)CO[C@@H]2C1. The lowest BCUT2D eigenvalue weighted by Crippen LogP contribution is -2.30. The third-order valence-corrected chi connectivity index (χ3v) is 5.47. The van der Waals surface area contributed by atoms with Crippen LogP contribution < -0.4 is 4.74 Å². The average Bonchev–Trinajstić information content (AvgIpc) is 3.29. The second-order valence-corrected chi connectivity index (χ2v) is 7.00. The van der Waals surface area contributed by atoms with Crippen LogP contribution in [0.5, 0.6) is 5.75 Å². The third-order valence-electron chi connectivity index (χ3n) is 4.59. The number of carbonyl (C=O) groups excluding carboxylic acids is 1. The Morgan fingerprint density at radius 1 is 1.50 bits per heavy atom. The van der Waals surface area contributed by atoms with Gasteiger partial charge in [0, 0.05) is 19.0 Å². The molecule has 0 aliphatic carbocycles. The molecule has 0 spiro atoms. The summed E-state index contributed by atoms with van der Waals surface area (Å²) in [5.74, 6) is 2.16. The Hall–Kier alpha value is -1.93. The molecule has 2 aliphatic heterocycles. The zero-order chi connectivity index (χ0) is 16.7. The summed E-state index contributed by atoms with van der Waals surface area (Å²) in [6.07, 6.45) is 0.0293. The number of nitrogens with zero attached hydrogens (tertiary/aromatic N) is 3. The first-order valence-corrected chi connectivity index (χ1v) is 8.96. The van der Waals surface area contributed by atoms with Gasteiger partial charge in [-0.1, -0.05) is 5.16 Å². The molecule has 2 aliphatic rings. The minimum absolute atomic E-state index is 0.00640. The van der Waals surface area contributed by atoms with Crippen molar-refractivity contribution < 1.29 is 18.8 Å². The highest BCUT2D eigenvalue weighted by atomic mass is 32.1. The summed E-state index contributed by atoms with van der Waals surface area (Å²) in [4.78, 5) is 19.7. The molecule has 2 aromatic heterocycles. The van der Waals surface area contributed by atoms with Crippen molar-refractivity contribution in [3.8, 4) is 5.75 Å². The van der Waals surface area contributed by atoms with E-state index in [-0.39, 0.29) is 23.8 Å². The number of amides is 1. The van der Waals surface area contributed by atoms with Gasteiger partial charge in [-0.2, -0.15) is 4.98 Å². The van der Waals surface area contributed by atoms with Crippen molar-refractivity contribution in [3.63, 3.8) is 0 Å². The standard InChI is InChI=1S/C16H19N3O4S/c1-3-21-12-4-5-24-14(12)16(20)19-6-10-11(8-22-13(10)7-19)15-17-9(2)18-23-15/h4-5,10-11,13H,3,6-8H2,1-2H3/t10-,11+,13-/m1/s1. The van der Waals surface area contributed by atoms with E-state index in [9.17, 15) is 4.79 Å². The molecular formula is C16H19N3O4S. The van der Waals surface area contributed by atoms with Crippen molar-refractivity contribution in [1.29, 1.82) is 0 Å². The van der Waals surface area contributed by atoms with Crippen molar-refractivity contribution in [3.05, 3.63) is 28.0 Å². The maximum absolute atomic E-state index is 12.8. The van der Waals surface area contributed by atoms with E-state index in [0.717, 1.165) is 0 Å². The molecule has 2 fully saturated rings. The molecule has 128 valence electrons. The molecule has 0 aromatic carbocycles. The minimum Gasteiger partial charge on any atom is -0.492 e. The monoisotopic (exact) mass is 349 g/mol. The lowest BCUT2D eigenvalue weighted by Gasteiger charge is -2.18. The van der Waals surface area contributed by atoms with Crippen molar-refractivity contribution in [2.45, 2.75) is 25.9 Å². The maximum atomic E-state index is 12.8. The Morgan fingerprint density at radius 3 is 3.12 bits per heavy atom. The van der Waals surface area contributed by atoms with E-state index < -0.39 is 0 Å². The van der Waals surface area contributed by atoms with Crippen LogP contribution in [0.15, 0.2) is 16.0 Å². The largest absolute Gasteiger partial charge is 0.492 e. The first kappa shape index (κ1) is 15.6. The second kappa shape index (κ2) is 6.18. The van der Waals surface area contributed by atoms with Gasteiger partial charge in [-0.15, -0.1) is 11.3 Å². The lowest BCUT2D eigenvalue weighted by atomic mass is 9.93. The zero-order valence-corrected chi connectivity index (χ0v) is 14.4. The molecular weight excluding hydrogens is 330 g/mol. The number of fused-ring (bicyclic) bond motifs is 1. The normalized spacial score (nSPS) is 25.9. The molecule has 1 amide bonds. The summed E-state index contributed by atoms with van der Waals surface area (Å²) in [6.45, 7) is 6.07. The Kier molecular flexibility index (Phi) is 4.01. The number of aromatic nitrogens is 2. The summed E-state index contributed by atoms with van der Waals surface area (Å²) in [6, 6.07) is 1.85. The van der Waals surface area contributed by atoms with E-state index in [2.05, 4.69) is 10.1 Å². The Balaban J connectivity index is 1.50. The Morgan fingerprint density at radius 2 is 2.38 bits per heavy atom. The minimum atomic E-state index is 0.00640. The van der Waals surface area contributed by atoms with Crippen LogP contribution in [0.2, 0.25) is 0 Å². The first-order valence-electron chi connectivity index (χ1n) is 8.08. The van der Waals surface area contributed by atoms with E-state index in [1.807, 2.05) is 23.3 Å².